The SMILES string of the molecule is COC(=O)C1=C(C)NC(C)=C(C(=O)OC)C1c1ccc(-c2ccc(Cl)cc2Cl)o1. The Morgan fingerprint density at radius 3 is 2.07 bits per heavy atom. The third kappa shape index (κ3) is 3.91. The van der Waals surface area contributed by atoms with E-state index in [1.165, 1.54) is 14.2 Å². The molecule has 1 aliphatic heterocycles. The minimum absolute atomic E-state index is 0.265. The van der Waals surface area contributed by atoms with E-state index in [9.17, 15) is 9.59 Å². The van der Waals surface area contributed by atoms with Gasteiger partial charge < -0.3 is 19.2 Å². The number of halogens is 2. The topological polar surface area (TPSA) is 77.8 Å². The van der Waals surface area contributed by atoms with Crippen LogP contribution in [0.4, 0.5) is 0 Å². The molecule has 29 heavy (non-hydrogen) atoms. The fourth-order valence-corrected chi connectivity index (χ4v) is 3.88. The maximum Gasteiger partial charge on any atom is 0.336 e. The van der Waals surface area contributed by atoms with Gasteiger partial charge in [-0.2, -0.15) is 0 Å². The molecule has 0 radical (unpaired) electrons. The molecule has 0 aliphatic carbocycles. The summed E-state index contributed by atoms with van der Waals surface area (Å²) in [5.41, 5.74) is 2.30. The molecule has 1 N–H and O–H groups in total. The molecule has 0 fully saturated rings. The van der Waals surface area contributed by atoms with E-state index >= 15 is 0 Å². The lowest BCUT2D eigenvalue weighted by molar-refractivity contribution is -0.137. The molecule has 1 aromatic carbocycles. The predicted octanol–water partition coefficient (Wildman–Crippen LogP) is 4.83. The fraction of sp³-hybridized carbons (Fsp3) is 0.238. The van der Waals surface area contributed by atoms with Gasteiger partial charge in [0.1, 0.15) is 11.5 Å². The highest BCUT2D eigenvalue weighted by Gasteiger charge is 2.39. The minimum atomic E-state index is -0.795. The van der Waals surface area contributed by atoms with Crippen LogP contribution in [0.2, 0.25) is 10.0 Å². The van der Waals surface area contributed by atoms with E-state index in [0.29, 0.717) is 38.5 Å². The van der Waals surface area contributed by atoms with Gasteiger partial charge in [0, 0.05) is 22.0 Å². The van der Waals surface area contributed by atoms with Crippen LogP contribution in [0, 0.1) is 0 Å². The van der Waals surface area contributed by atoms with Gasteiger partial charge >= 0.3 is 11.9 Å². The second-order valence-electron chi connectivity index (χ2n) is 6.44. The summed E-state index contributed by atoms with van der Waals surface area (Å²) in [6.07, 6.45) is 0. The Labute approximate surface area is 178 Å². The number of allylic oxidation sites excluding steroid dienone is 2. The molecule has 1 aromatic heterocycles. The Kier molecular flexibility index (Phi) is 6.05. The van der Waals surface area contributed by atoms with E-state index in [-0.39, 0.29) is 11.1 Å². The highest BCUT2D eigenvalue weighted by molar-refractivity contribution is 6.36. The van der Waals surface area contributed by atoms with Crippen molar-refractivity contribution in [2.75, 3.05) is 14.2 Å². The molecule has 2 aromatic rings. The van der Waals surface area contributed by atoms with Crippen LogP contribution < -0.4 is 5.32 Å². The average Bonchev–Trinajstić information content (AvgIpc) is 3.15. The molecule has 0 unspecified atom stereocenters. The normalized spacial score (nSPS) is 14.7. The fourth-order valence-electron chi connectivity index (χ4n) is 3.38. The molecule has 0 bridgehead atoms. The number of methoxy groups -OCH3 is 2. The number of carbonyl (C=O) groups excluding carboxylic acids is 2. The van der Waals surface area contributed by atoms with Gasteiger partial charge in [-0.15, -0.1) is 0 Å². The Morgan fingerprint density at radius 1 is 0.966 bits per heavy atom. The number of rotatable bonds is 4. The number of esters is 2. The lowest BCUT2D eigenvalue weighted by Gasteiger charge is -2.28. The first-order valence-electron chi connectivity index (χ1n) is 8.68. The van der Waals surface area contributed by atoms with E-state index in [4.69, 9.17) is 37.1 Å². The largest absolute Gasteiger partial charge is 0.466 e. The number of benzene rings is 1. The lowest BCUT2D eigenvalue weighted by Crippen LogP contribution is -2.31. The molecule has 0 saturated carbocycles. The van der Waals surface area contributed by atoms with Gasteiger partial charge in [-0.25, -0.2) is 9.59 Å². The first kappa shape index (κ1) is 21.0. The third-order valence-corrected chi connectivity index (χ3v) is 5.23. The van der Waals surface area contributed by atoms with Gasteiger partial charge in [0.15, 0.2) is 0 Å². The quantitative estimate of drug-likeness (QED) is 0.692. The zero-order valence-corrected chi connectivity index (χ0v) is 17.8. The van der Waals surface area contributed by atoms with E-state index in [1.807, 2.05) is 0 Å². The summed E-state index contributed by atoms with van der Waals surface area (Å²) in [7, 11) is 2.56. The van der Waals surface area contributed by atoms with Crippen molar-refractivity contribution in [2.24, 2.45) is 0 Å². The van der Waals surface area contributed by atoms with Crippen molar-refractivity contribution in [1.29, 1.82) is 0 Å². The maximum atomic E-state index is 12.5. The molecule has 2 heterocycles. The number of dihydropyridines is 1. The van der Waals surface area contributed by atoms with Gasteiger partial charge in [0.25, 0.3) is 0 Å². The van der Waals surface area contributed by atoms with Gasteiger partial charge in [-0.1, -0.05) is 23.2 Å². The molecular weight excluding hydrogens is 417 g/mol. The molecule has 0 atom stereocenters. The summed E-state index contributed by atoms with van der Waals surface area (Å²) >= 11 is 12.3. The van der Waals surface area contributed by atoms with Crippen molar-refractivity contribution in [1.82, 2.24) is 5.32 Å². The standard InChI is InChI=1S/C21H19Cl2NO5/c1-10-17(20(25)27-3)19(18(11(2)24-10)21(26)28-4)16-8-7-15(29-16)13-6-5-12(22)9-14(13)23/h5-9,19,24H,1-4H3. The van der Waals surface area contributed by atoms with Crippen LogP contribution in [0.1, 0.15) is 25.5 Å². The smallest absolute Gasteiger partial charge is 0.336 e. The van der Waals surface area contributed by atoms with E-state index < -0.39 is 17.9 Å². The number of furan rings is 1. The van der Waals surface area contributed by atoms with Crippen molar-refractivity contribution in [3.8, 4) is 11.3 Å². The zero-order valence-electron chi connectivity index (χ0n) is 16.3. The number of carbonyl (C=O) groups is 2. The lowest BCUT2D eigenvalue weighted by atomic mass is 9.83. The predicted molar refractivity (Wildman–Crippen MR) is 109 cm³/mol. The molecular formula is C21H19Cl2NO5. The molecule has 3 rings (SSSR count). The average molecular weight is 436 g/mol. The van der Waals surface area contributed by atoms with E-state index in [2.05, 4.69) is 5.32 Å². The number of nitrogens with one attached hydrogen (secondary N) is 1. The Morgan fingerprint density at radius 2 is 1.55 bits per heavy atom. The van der Waals surface area contributed by atoms with Crippen molar-refractivity contribution in [3.05, 3.63) is 68.7 Å². The summed E-state index contributed by atoms with van der Waals surface area (Å²) in [5, 5.41) is 3.97. The van der Waals surface area contributed by atoms with Gasteiger partial charge in [-0.3, -0.25) is 0 Å². The summed E-state index contributed by atoms with van der Waals surface area (Å²) in [6.45, 7) is 3.47. The van der Waals surface area contributed by atoms with Crippen LogP contribution in [0.3, 0.4) is 0 Å². The Hall–Kier alpha value is -2.70. The Balaban J connectivity index is 2.16. The minimum Gasteiger partial charge on any atom is -0.466 e. The molecule has 0 amide bonds. The summed E-state index contributed by atoms with van der Waals surface area (Å²) in [4.78, 5) is 25.0. The summed E-state index contributed by atoms with van der Waals surface area (Å²) < 4.78 is 15.9. The first-order chi connectivity index (χ1) is 13.8. The highest BCUT2D eigenvalue weighted by Crippen LogP contribution is 2.41. The number of hydrogen-bond acceptors (Lipinski definition) is 6. The molecule has 1 aliphatic rings. The summed E-state index contributed by atoms with van der Waals surface area (Å²) in [6, 6.07) is 8.46. The number of hydrogen-bond donors (Lipinski definition) is 1. The number of ether oxygens (including phenoxy) is 2. The van der Waals surface area contributed by atoms with Gasteiger partial charge in [0.2, 0.25) is 0 Å². The van der Waals surface area contributed by atoms with Gasteiger partial charge in [0.05, 0.1) is 36.3 Å². The van der Waals surface area contributed by atoms with E-state index in [1.54, 1.807) is 44.2 Å². The van der Waals surface area contributed by atoms with Crippen LogP contribution in [-0.4, -0.2) is 26.2 Å². The monoisotopic (exact) mass is 435 g/mol. The van der Waals surface area contributed by atoms with Crippen LogP contribution in [0.25, 0.3) is 11.3 Å². The summed E-state index contributed by atoms with van der Waals surface area (Å²) in [5.74, 6) is -1.08. The van der Waals surface area contributed by atoms with Crippen molar-refractivity contribution >= 4 is 35.1 Å². The van der Waals surface area contributed by atoms with Crippen molar-refractivity contribution in [3.63, 3.8) is 0 Å². The van der Waals surface area contributed by atoms with Crippen LogP contribution >= 0.6 is 23.2 Å². The van der Waals surface area contributed by atoms with Crippen LogP contribution in [0.5, 0.6) is 0 Å². The van der Waals surface area contributed by atoms with Crippen LogP contribution in [-0.2, 0) is 19.1 Å². The van der Waals surface area contributed by atoms with Crippen molar-refractivity contribution in [2.45, 2.75) is 19.8 Å². The Bertz CT molecular complexity index is 1010. The molecule has 152 valence electrons. The zero-order chi connectivity index (χ0) is 21.3. The first-order valence-corrected chi connectivity index (χ1v) is 9.44. The van der Waals surface area contributed by atoms with Crippen molar-refractivity contribution < 1.29 is 23.5 Å². The molecule has 6 nitrogen and oxygen atoms in total. The molecule has 0 saturated heterocycles. The molecule has 8 heteroatoms. The highest BCUT2D eigenvalue weighted by atomic mass is 35.5. The maximum absolute atomic E-state index is 12.5. The van der Waals surface area contributed by atoms with E-state index in [0.717, 1.165) is 0 Å². The second-order valence-corrected chi connectivity index (χ2v) is 7.29. The molecule has 0 spiro atoms. The third-order valence-electron chi connectivity index (χ3n) is 4.68. The second kappa shape index (κ2) is 8.35. The van der Waals surface area contributed by atoms with Crippen LogP contribution in [0.15, 0.2) is 57.3 Å². The van der Waals surface area contributed by atoms with Gasteiger partial charge in [-0.05, 0) is 44.2 Å².